The van der Waals surface area contributed by atoms with Crippen molar-refractivity contribution in [3.8, 4) is 11.4 Å². The molecule has 3 heteroatoms. The van der Waals surface area contributed by atoms with Crippen molar-refractivity contribution in [2.75, 3.05) is 0 Å². The van der Waals surface area contributed by atoms with Gasteiger partial charge in [0, 0.05) is 26.5 Å². The molecule has 32 heavy (non-hydrogen) atoms. The summed E-state index contributed by atoms with van der Waals surface area (Å²) in [4.78, 5) is 5.28. The van der Waals surface area contributed by atoms with Crippen molar-refractivity contribution in [2.45, 2.75) is 52.0 Å². The van der Waals surface area contributed by atoms with Crippen LogP contribution in [0.5, 0.6) is 0 Å². The molecule has 0 unspecified atom stereocenters. The van der Waals surface area contributed by atoms with Gasteiger partial charge < -0.3 is 4.57 Å². The van der Waals surface area contributed by atoms with Gasteiger partial charge in [-0.2, -0.15) is 0 Å². The second-order valence-electron chi connectivity index (χ2n) is 8.65. The molecule has 1 heterocycles. The zero-order chi connectivity index (χ0) is 21.9. The molecule has 0 saturated carbocycles. The monoisotopic (exact) mass is 532 g/mol. The molecule has 0 aliphatic rings. The summed E-state index contributed by atoms with van der Waals surface area (Å²) in [7, 11) is 0. The van der Waals surface area contributed by atoms with Gasteiger partial charge in [0.25, 0.3) is 0 Å². The highest BCUT2D eigenvalue weighted by atomic mass is 127. The fourth-order valence-corrected chi connectivity index (χ4v) is 5.35. The maximum absolute atomic E-state index is 5.28. The van der Waals surface area contributed by atoms with Gasteiger partial charge in [0.2, 0.25) is 0 Å². The van der Waals surface area contributed by atoms with Gasteiger partial charge in [-0.25, -0.2) is 4.98 Å². The number of hydrogen-bond donors (Lipinski definition) is 0. The molecule has 0 amide bonds. The molecule has 0 radical (unpaired) electrons. The van der Waals surface area contributed by atoms with E-state index in [9.17, 15) is 0 Å². The molecule has 2 nitrogen and oxygen atoms in total. The summed E-state index contributed by atoms with van der Waals surface area (Å²) in [6.07, 6.45) is 7.77. The molecular weight excluding hydrogens is 503 g/mol. The Morgan fingerprint density at radius 3 is 2.22 bits per heavy atom. The molecule has 5 aromatic rings. The van der Waals surface area contributed by atoms with Gasteiger partial charge in [0.1, 0.15) is 5.82 Å². The lowest BCUT2D eigenvalue weighted by Gasteiger charge is -2.13. The van der Waals surface area contributed by atoms with Crippen LogP contribution in [0.25, 0.3) is 44.0 Å². The Morgan fingerprint density at radius 2 is 1.41 bits per heavy atom. The van der Waals surface area contributed by atoms with Crippen LogP contribution in [0.2, 0.25) is 0 Å². The molecule has 4 aromatic carbocycles. The Kier molecular flexibility index (Phi) is 6.44. The van der Waals surface area contributed by atoms with E-state index < -0.39 is 0 Å². The SMILES string of the molecule is CCCCCCCCn1c(-c2ccccc2)nc2c3ccccc3c3ccc(I)cc3c21. The van der Waals surface area contributed by atoms with E-state index in [-0.39, 0.29) is 0 Å². The first-order valence-electron chi connectivity index (χ1n) is 11.8. The summed E-state index contributed by atoms with van der Waals surface area (Å²) in [6, 6.07) is 26.2. The third kappa shape index (κ3) is 4.03. The molecule has 162 valence electrons. The predicted octanol–water partition coefficient (Wildman–Crippen LogP) is 8.97. The lowest BCUT2D eigenvalue weighted by Crippen LogP contribution is -2.01. The first-order chi connectivity index (χ1) is 15.8. The largest absolute Gasteiger partial charge is 0.323 e. The van der Waals surface area contributed by atoms with Crippen molar-refractivity contribution in [1.29, 1.82) is 0 Å². The van der Waals surface area contributed by atoms with Crippen LogP contribution in [0.1, 0.15) is 45.4 Å². The van der Waals surface area contributed by atoms with Crippen molar-refractivity contribution in [1.82, 2.24) is 9.55 Å². The smallest absolute Gasteiger partial charge is 0.141 e. The standard InChI is InChI=1S/C29H29IN2/c1-2-3-4-5-6-12-19-32-28-26-20-22(30)17-18-24(26)23-15-10-11-16-25(23)27(28)31-29(32)21-13-8-7-9-14-21/h7-11,13-18,20H,2-6,12,19H2,1H3. The summed E-state index contributed by atoms with van der Waals surface area (Å²) < 4.78 is 3.76. The molecule has 0 aliphatic carbocycles. The molecule has 0 aliphatic heterocycles. The van der Waals surface area contributed by atoms with Gasteiger partial charge in [-0.15, -0.1) is 0 Å². The molecular formula is C29H29IN2. The third-order valence-electron chi connectivity index (χ3n) is 6.44. The predicted molar refractivity (Wildman–Crippen MR) is 146 cm³/mol. The van der Waals surface area contributed by atoms with Crippen LogP contribution in [0.4, 0.5) is 0 Å². The first-order valence-corrected chi connectivity index (χ1v) is 12.9. The van der Waals surface area contributed by atoms with Crippen LogP contribution < -0.4 is 0 Å². The Balaban J connectivity index is 1.73. The topological polar surface area (TPSA) is 17.8 Å². The highest BCUT2D eigenvalue weighted by molar-refractivity contribution is 14.1. The Bertz CT molecular complexity index is 1370. The molecule has 0 saturated heterocycles. The summed E-state index contributed by atoms with van der Waals surface area (Å²) in [5, 5.41) is 5.16. The molecule has 0 fully saturated rings. The number of rotatable bonds is 8. The average molecular weight is 532 g/mol. The molecule has 0 spiro atoms. The number of fused-ring (bicyclic) bond motifs is 6. The highest BCUT2D eigenvalue weighted by Crippen LogP contribution is 2.38. The minimum Gasteiger partial charge on any atom is -0.323 e. The van der Waals surface area contributed by atoms with Crippen molar-refractivity contribution in [2.24, 2.45) is 0 Å². The van der Waals surface area contributed by atoms with Crippen LogP contribution in [0.3, 0.4) is 0 Å². The van der Waals surface area contributed by atoms with Crippen molar-refractivity contribution >= 4 is 55.2 Å². The van der Waals surface area contributed by atoms with Crippen molar-refractivity contribution < 1.29 is 0 Å². The number of imidazole rings is 1. The van der Waals surface area contributed by atoms with E-state index >= 15 is 0 Å². The lowest BCUT2D eigenvalue weighted by molar-refractivity contribution is 0.566. The average Bonchev–Trinajstić information content (AvgIpc) is 3.22. The third-order valence-corrected chi connectivity index (χ3v) is 7.11. The highest BCUT2D eigenvalue weighted by Gasteiger charge is 2.18. The van der Waals surface area contributed by atoms with E-state index in [0.29, 0.717) is 0 Å². The first kappa shape index (κ1) is 21.4. The van der Waals surface area contributed by atoms with Crippen LogP contribution in [0, 0.1) is 3.57 Å². The quantitative estimate of drug-likeness (QED) is 0.111. The second-order valence-corrected chi connectivity index (χ2v) is 9.90. The van der Waals surface area contributed by atoms with Gasteiger partial charge >= 0.3 is 0 Å². The number of halogens is 1. The Morgan fingerprint density at radius 1 is 0.719 bits per heavy atom. The molecule has 0 atom stereocenters. The van der Waals surface area contributed by atoms with E-state index in [1.54, 1.807) is 0 Å². The van der Waals surface area contributed by atoms with Crippen molar-refractivity contribution in [3.05, 3.63) is 76.4 Å². The van der Waals surface area contributed by atoms with E-state index in [1.165, 1.54) is 74.7 Å². The van der Waals surface area contributed by atoms with Gasteiger partial charge in [0.15, 0.2) is 0 Å². The fourth-order valence-electron chi connectivity index (χ4n) is 4.86. The van der Waals surface area contributed by atoms with E-state index in [0.717, 1.165) is 17.9 Å². The van der Waals surface area contributed by atoms with Gasteiger partial charge in [-0.3, -0.25) is 0 Å². The number of unbranched alkanes of at least 4 members (excludes halogenated alkanes) is 5. The maximum atomic E-state index is 5.28. The Labute approximate surface area is 203 Å². The summed E-state index contributed by atoms with van der Waals surface area (Å²) in [5.74, 6) is 1.09. The minimum absolute atomic E-state index is 1.01. The van der Waals surface area contributed by atoms with E-state index in [4.69, 9.17) is 4.98 Å². The number of aromatic nitrogens is 2. The summed E-state index contributed by atoms with van der Waals surface area (Å²) in [6.45, 7) is 3.28. The minimum atomic E-state index is 1.01. The van der Waals surface area contributed by atoms with Gasteiger partial charge in [0.05, 0.1) is 11.0 Å². The Hall–Kier alpha value is -2.40. The van der Waals surface area contributed by atoms with Crippen LogP contribution >= 0.6 is 22.6 Å². The normalized spacial score (nSPS) is 11.7. The summed E-state index contributed by atoms with van der Waals surface area (Å²) in [5.41, 5.74) is 3.60. The van der Waals surface area contributed by atoms with Gasteiger partial charge in [-0.05, 0) is 51.9 Å². The van der Waals surface area contributed by atoms with Crippen LogP contribution in [-0.2, 0) is 6.54 Å². The lowest BCUT2D eigenvalue weighted by atomic mass is 10.00. The summed E-state index contributed by atoms with van der Waals surface area (Å²) >= 11 is 2.43. The zero-order valence-electron chi connectivity index (χ0n) is 18.7. The number of nitrogens with zero attached hydrogens (tertiary/aromatic N) is 2. The number of benzene rings is 4. The molecule has 5 rings (SSSR count). The number of hydrogen-bond acceptors (Lipinski definition) is 1. The molecule has 0 N–H and O–H groups in total. The fraction of sp³-hybridized carbons (Fsp3) is 0.276. The maximum Gasteiger partial charge on any atom is 0.141 e. The molecule has 0 bridgehead atoms. The van der Waals surface area contributed by atoms with E-state index in [1.807, 2.05) is 0 Å². The zero-order valence-corrected chi connectivity index (χ0v) is 20.8. The van der Waals surface area contributed by atoms with Crippen LogP contribution in [-0.4, -0.2) is 9.55 Å². The van der Waals surface area contributed by atoms with Gasteiger partial charge in [-0.1, -0.05) is 99.7 Å². The molecule has 1 aromatic heterocycles. The van der Waals surface area contributed by atoms with Crippen LogP contribution in [0.15, 0.2) is 72.8 Å². The number of aryl methyl sites for hydroxylation is 1. The second kappa shape index (κ2) is 9.62. The van der Waals surface area contributed by atoms with Crippen molar-refractivity contribution in [3.63, 3.8) is 0 Å². The van der Waals surface area contributed by atoms with E-state index in [2.05, 4.69) is 107 Å².